The number of hydrogen-bond acceptors (Lipinski definition) is 2. The molecule has 2 aromatic rings. The van der Waals surface area contributed by atoms with Crippen LogP contribution in [0.5, 0.6) is 0 Å². The van der Waals surface area contributed by atoms with Crippen LogP contribution in [0.25, 0.3) is 0 Å². The standard InChI is InChI=1S/C17H17IN2O2/c1-11(2)19-16(21)12-7-9-13(10-8-12)20-17(22)14-5-3-4-6-15(14)18/h3-11H,1-2H3,(H,19,21)(H,20,22). The van der Waals surface area contributed by atoms with Crippen molar-refractivity contribution >= 4 is 40.1 Å². The Morgan fingerprint density at radius 1 is 0.955 bits per heavy atom. The number of carbonyl (C=O) groups excluding carboxylic acids is 2. The summed E-state index contributed by atoms with van der Waals surface area (Å²) >= 11 is 2.13. The quantitative estimate of drug-likeness (QED) is 0.759. The highest BCUT2D eigenvalue weighted by atomic mass is 127. The van der Waals surface area contributed by atoms with Gasteiger partial charge in [-0.05, 0) is 72.8 Å². The van der Waals surface area contributed by atoms with Gasteiger partial charge in [-0.1, -0.05) is 12.1 Å². The van der Waals surface area contributed by atoms with Crippen molar-refractivity contribution in [2.75, 3.05) is 5.32 Å². The summed E-state index contributed by atoms with van der Waals surface area (Å²) in [6.07, 6.45) is 0. The Labute approximate surface area is 143 Å². The van der Waals surface area contributed by atoms with Crippen LogP contribution in [-0.2, 0) is 0 Å². The zero-order valence-electron chi connectivity index (χ0n) is 12.4. The van der Waals surface area contributed by atoms with E-state index >= 15 is 0 Å². The number of carbonyl (C=O) groups is 2. The summed E-state index contributed by atoms with van der Waals surface area (Å²) in [5.74, 6) is -0.283. The highest BCUT2D eigenvalue weighted by Gasteiger charge is 2.10. The first-order valence-electron chi connectivity index (χ1n) is 6.94. The Bertz CT molecular complexity index is 681. The third kappa shape index (κ3) is 4.30. The van der Waals surface area contributed by atoms with Crippen molar-refractivity contribution in [2.45, 2.75) is 19.9 Å². The molecule has 0 aromatic heterocycles. The normalized spacial score (nSPS) is 10.4. The number of rotatable bonds is 4. The van der Waals surface area contributed by atoms with E-state index in [-0.39, 0.29) is 17.9 Å². The van der Waals surface area contributed by atoms with Crippen molar-refractivity contribution in [3.63, 3.8) is 0 Å². The molecule has 0 atom stereocenters. The van der Waals surface area contributed by atoms with Crippen LogP contribution in [0.2, 0.25) is 0 Å². The summed E-state index contributed by atoms with van der Waals surface area (Å²) in [5, 5.41) is 5.66. The van der Waals surface area contributed by atoms with Crippen LogP contribution in [0, 0.1) is 3.57 Å². The van der Waals surface area contributed by atoms with Gasteiger partial charge in [-0.3, -0.25) is 9.59 Å². The highest BCUT2D eigenvalue weighted by Crippen LogP contribution is 2.15. The molecule has 0 saturated heterocycles. The Morgan fingerprint density at radius 2 is 1.59 bits per heavy atom. The van der Waals surface area contributed by atoms with Crippen LogP contribution in [0.15, 0.2) is 48.5 Å². The van der Waals surface area contributed by atoms with Crippen LogP contribution >= 0.6 is 22.6 Å². The monoisotopic (exact) mass is 408 g/mol. The molecular weight excluding hydrogens is 391 g/mol. The molecule has 2 amide bonds. The van der Waals surface area contributed by atoms with E-state index < -0.39 is 0 Å². The van der Waals surface area contributed by atoms with Gasteiger partial charge in [0.05, 0.1) is 5.56 Å². The van der Waals surface area contributed by atoms with Gasteiger partial charge in [-0.15, -0.1) is 0 Å². The van der Waals surface area contributed by atoms with Crippen molar-refractivity contribution in [1.82, 2.24) is 5.32 Å². The topological polar surface area (TPSA) is 58.2 Å². The fourth-order valence-electron chi connectivity index (χ4n) is 1.89. The Morgan fingerprint density at radius 3 is 2.18 bits per heavy atom. The molecule has 0 radical (unpaired) electrons. The lowest BCUT2D eigenvalue weighted by Crippen LogP contribution is -2.30. The lowest BCUT2D eigenvalue weighted by atomic mass is 10.1. The molecule has 0 saturated carbocycles. The summed E-state index contributed by atoms with van der Waals surface area (Å²) < 4.78 is 0.894. The van der Waals surface area contributed by atoms with Crippen molar-refractivity contribution in [3.8, 4) is 0 Å². The van der Waals surface area contributed by atoms with Gasteiger partial charge in [-0.2, -0.15) is 0 Å². The fraction of sp³-hybridized carbons (Fsp3) is 0.176. The number of benzene rings is 2. The molecular formula is C17H17IN2O2. The van der Waals surface area contributed by atoms with Gasteiger partial charge < -0.3 is 10.6 Å². The van der Waals surface area contributed by atoms with E-state index in [1.807, 2.05) is 32.0 Å². The summed E-state index contributed by atoms with van der Waals surface area (Å²) in [6.45, 7) is 3.82. The first-order valence-corrected chi connectivity index (χ1v) is 8.02. The van der Waals surface area contributed by atoms with Gasteiger partial charge in [-0.25, -0.2) is 0 Å². The molecule has 0 aliphatic heterocycles. The lowest BCUT2D eigenvalue weighted by molar-refractivity contribution is 0.0942. The van der Waals surface area contributed by atoms with E-state index in [2.05, 4.69) is 33.2 Å². The van der Waals surface area contributed by atoms with Gasteiger partial charge in [0, 0.05) is 20.9 Å². The van der Waals surface area contributed by atoms with Gasteiger partial charge >= 0.3 is 0 Å². The third-order valence-electron chi connectivity index (χ3n) is 2.94. The molecule has 0 aliphatic carbocycles. The molecule has 114 valence electrons. The predicted molar refractivity (Wildman–Crippen MR) is 96.2 cm³/mol. The maximum Gasteiger partial charge on any atom is 0.256 e. The van der Waals surface area contributed by atoms with Crippen molar-refractivity contribution in [2.24, 2.45) is 0 Å². The van der Waals surface area contributed by atoms with Gasteiger partial charge in [0.25, 0.3) is 11.8 Å². The molecule has 0 unspecified atom stereocenters. The van der Waals surface area contributed by atoms with Crippen LogP contribution in [-0.4, -0.2) is 17.9 Å². The van der Waals surface area contributed by atoms with Gasteiger partial charge in [0.1, 0.15) is 0 Å². The molecule has 0 fully saturated rings. The second-order valence-electron chi connectivity index (χ2n) is 5.14. The number of anilines is 1. The SMILES string of the molecule is CC(C)NC(=O)c1ccc(NC(=O)c2ccccc2I)cc1. The first kappa shape index (κ1) is 16.5. The highest BCUT2D eigenvalue weighted by molar-refractivity contribution is 14.1. The molecule has 5 heteroatoms. The minimum atomic E-state index is -0.163. The predicted octanol–water partition coefficient (Wildman–Crippen LogP) is 3.68. The average molecular weight is 408 g/mol. The Kier molecular flexibility index (Phi) is 5.54. The van der Waals surface area contributed by atoms with E-state index in [1.165, 1.54) is 0 Å². The smallest absolute Gasteiger partial charge is 0.256 e. The molecule has 2 aromatic carbocycles. The maximum atomic E-state index is 12.2. The molecule has 0 spiro atoms. The second kappa shape index (κ2) is 7.40. The average Bonchev–Trinajstić information content (AvgIpc) is 2.47. The van der Waals surface area contributed by atoms with Crippen LogP contribution in [0.3, 0.4) is 0 Å². The van der Waals surface area contributed by atoms with Crippen LogP contribution in [0.1, 0.15) is 34.6 Å². The molecule has 0 heterocycles. The fourth-order valence-corrected chi connectivity index (χ4v) is 2.53. The van der Waals surface area contributed by atoms with E-state index in [0.717, 1.165) is 3.57 Å². The molecule has 0 bridgehead atoms. The molecule has 4 nitrogen and oxygen atoms in total. The summed E-state index contributed by atoms with van der Waals surface area (Å²) in [6, 6.07) is 14.3. The molecule has 22 heavy (non-hydrogen) atoms. The molecule has 2 N–H and O–H groups in total. The van der Waals surface area contributed by atoms with Crippen molar-refractivity contribution < 1.29 is 9.59 Å². The number of halogens is 1. The van der Waals surface area contributed by atoms with Gasteiger partial charge in [0.2, 0.25) is 0 Å². The number of hydrogen-bond donors (Lipinski definition) is 2. The summed E-state index contributed by atoms with van der Waals surface area (Å²) in [4.78, 5) is 24.1. The van der Waals surface area contributed by atoms with E-state index in [4.69, 9.17) is 0 Å². The Balaban J connectivity index is 2.07. The van der Waals surface area contributed by atoms with E-state index in [0.29, 0.717) is 16.8 Å². The number of nitrogens with one attached hydrogen (secondary N) is 2. The summed E-state index contributed by atoms with van der Waals surface area (Å²) in [5.41, 5.74) is 1.86. The minimum absolute atomic E-state index is 0.0898. The maximum absolute atomic E-state index is 12.2. The second-order valence-corrected chi connectivity index (χ2v) is 6.30. The van der Waals surface area contributed by atoms with Crippen LogP contribution < -0.4 is 10.6 Å². The van der Waals surface area contributed by atoms with Gasteiger partial charge in [0.15, 0.2) is 0 Å². The zero-order chi connectivity index (χ0) is 16.1. The van der Waals surface area contributed by atoms with E-state index in [1.54, 1.807) is 30.3 Å². The van der Waals surface area contributed by atoms with Crippen molar-refractivity contribution in [3.05, 3.63) is 63.2 Å². The first-order chi connectivity index (χ1) is 10.5. The van der Waals surface area contributed by atoms with Crippen LogP contribution in [0.4, 0.5) is 5.69 Å². The third-order valence-corrected chi connectivity index (χ3v) is 3.88. The van der Waals surface area contributed by atoms with Crippen molar-refractivity contribution in [1.29, 1.82) is 0 Å². The zero-order valence-corrected chi connectivity index (χ0v) is 14.5. The largest absolute Gasteiger partial charge is 0.350 e. The summed E-state index contributed by atoms with van der Waals surface area (Å²) in [7, 11) is 0. The molecule has 2 rings (SSSR count). The Hall–Kier alpha value is -1.89. The number of amides is 2. The van der Waals surface area contributed by atoms with E-state index in [9.17, 15) is 9.59 Å². The lowest BCUT2D eigenvalue weighted by Gasteiger charge is -2.10. The minimum Gasteiger partial charge on any atom is -0.350 e. The molecule has 0 aliphatic rings.